The highest BCUT2D eigenvalue weighted by Crippen LogP contribution is 2.28. The second kappa shape index (κ2) is 6.46. The maximum absolute atomic E-state index is 12.5. The summed E-state index contributed by atoms with van der Waals surface area (Å²) in [5.41, 5.74) is 0.633. The zero-order valence-electron chi connectivity index (χ0n) is 13.9. The average molecular weight is 312 g/mol. The van der Waals surface area contributed by atoms with Gasteiger partial charge in [-0.05, 0) is 50.4 Å². The van der Waals surface area contributed by atoms with Crippen LogP contribution in [0.5, 0.6) is 0 Å². The minimum Gasteiger partial charge on any atom is -0.316 e. The predicted molar refractivity (Wildman–Crippen MR) is 87.7 cm³/mol. The van der Waals surface area contributed by atoms with Crippen LogP contribution in [0.1, 0.15) is 46.6 Å². The van der Waals surface area contributed by atoms with Gasteiger partial charge in [-0.2, -0.15) is 0 Å². The lowest BCUT2D eigenvalue weighted by Crippen LogP contribution is -2.45. The van der Waals surface area contributed by atoms with Gasteiger partial charge in [0.05, 0.1) is 4.90 Å². The molecule has 0 atom stereocenters. The van der Waals surface area contributed by atoms with E-state index in [1.165, 1.54) is 0 Å². The normalized spacial score (nSPS) is 13.4. The molecule has 2 N–H and O–H groups in total. The van der Waals surface area contributed by atoms with Crippen LogP contribution in [0.4, 0.5) is 0 Å². The second-order valence-corrected chi connectivity index (χ2v) is 9.08. The molecule has 1 rings (SSSR count). The van der Waals surface area contributed by atoms with Gasteiger partial charge in [-0.25, -0.2) is 13.1 Å². The Bertz CT molecular complexity index is 555. The number of rotatable bonds is 6. The second-order valence-electron chi connectivity index (χ2n) is 7.40. The van der Waals surface area contributed by atoms with E-state index in [9.17, 15) is 8.42 Å². The molecule has 0 radical (unpaired) electrons. The van der Waals surface area contributed by atoms with Gasteiger partial charge >= 0.3 is 0 Å². The Hall–Kier alpha value is -0.910. The fourth-order valence-corrected chi connectivity index (χ4v) is 4.19. The molecule has 0 amide bonds. The van der Waals surface area contributed by atoms with E-state index in [4.69, 9.17) is 0 Å². The van der Waals surface area contributed by atoms with Crippen molar-refractivity contribution in [2.75, 3.05) is 7.05 Å². The molecule has 0 saturated carbocycles. The van der Waals surface area contributed by atoms with Gasteiger partial charge in [-0.1, -0.05) is 32.9 Å². The summed E-state index contributed by atoms with van der Waals surface area (Å²) < 4.78 is 27.8. The van der Waals surface area contributed by atoms with E-state index >= 15 is 0 Å². The Morgan fingerprint density at radius 3 is 1.95 bits per heavy atom. The molecule has 4 nitrogen and oxygen atoms in total. The van der Waals surface area contributed by atoms with E-state index in [0.29, 0.717) is 4.90 Å². The van der Waals surface area contributed by atoms with Gasteiger partial charge in [0.15, 0.2) is 0 Å². The van der Waals surface area contributed by atoms with Crippen molar-refractivity contribution in [3.05, 3.63) is 29.8 Å². The molecule has 0 fully saturated rings. The summed E-state index contributed by atoms with van der Waals surface area (Å²) in [5.74, 6) is 0. The zero-order valence-corrected chi connectivity index (χ0v) is 14.8. The first-order valence-electron chi connectivity index (χ1n) is 7.23. The quantitative estimate of drug-likeness (QED) is 0.849. The van der Waals surface area contributed by atoms with E-state index < -0.39 is 15.6 Å². The summed E-state index contributed by atoms with van der Waals surface area (Å²) in [4.78, 5) is 0.310. The Kier molecular flexibility index (Phi) is 5.58. The highest BCUT2D eigenvalue weighted by atomic mass is 32.2. The lowest BCUT2D eigenvalue weighted by atomic mass is 9.82. The highest BCUT2D eigenvalue weighted by Gasteiger charge is 2.30. The van der Waals surface area contributed by atoms with Gasteiger partial charge in [-0.15, -0.1) is 0 Å². The number of hydrogen-bond acceptors (Lipinski definition) is 3. The van der Waals surface area contributed by atoms with Crippen molar-refractivity contribution >= 4 is 10.0 Å². The molecule has 120 valence electrons. The summed E-state index contributed by atoms with van der Waals surface area (Å²) >= 11 is 0. The molecular formula is C16H28N2O2S. The third-order valence-corrected chi connectivity index (χ3v) is 4.71. The zero-order chi connectivity index (χ0) is 16.3. The van der Waals surface area contributed by atoms with Crippen LogP contribution in [0.15, 0.2) is 29.2 Å². The third kappa shape index (κ3) is 6.16. The molecule has 0 aliphatic carbocycles. The Balaban J connectivity index is 2.90. The van der Waals surface area contributed by atoms with Crippen molar-refractivity contribution in [1.29, 1.82) is 0 Å². The van der Waals surface area contributed by atoms with Gasteiger partial charge in [0.25, 0.3) is 0 Å². The fourth-order valence-electron chi connectivity index (χ4n) is 2.78. The first kappa shape index (κ1) is 18.1. The molecule has 0 bridgehead atoms. The number of benzene rings is 1. The van der Waals surface area contributed by atoms with Gasteiger partial charge in [0, 0.05) is 12.1 Å². The molecule has 21 heavy (non-hydrogen) atoms. The van der Waals surface area contributed by atoms with E-state index in [2.05, 4.69) is 30.8 Å². The summed E-state index contributed by atoms with van der Waals surface area (Å²) in [5, 5.41) is 3.04. The van der Waals surface area contributed by atoms with Crippen LogP contribution in [-0.4, -0.2) is 21.0 Å². The average Bonchev–Trinajstić information content (AvgIpc) is 2.25. The van der Waals surface area contributed by atoms with Crippen molar-refractivity contribution in [1.82, 2.24) is 10.0 Å². The summed E-state index contributed by atoms with van der Waals surface area (Å²) in [7, 11) is -1.63. The van der Waals surface area contributed by atoms with E-state index in [0.717, 1.165) is 18.5 Å². The Morgan fingerprint density at radius 1 is 1.00 bits per heavy atom. The Labute approximate surface area is 129 Å². The van der Waals surface area contributed by atoms with E-state index in [1.807, 2.05) is 33.0 Å². The topological polar surface area (TPSA) is 58.2 Å². The maximum atomic E-state index is 12.5. The van der Waals surface area contributed by atoms with Crippen molar-refractivity contribution in [3.8, 4) is 0 Å². The van der Waals surface area contributed by atoms with Crippen LogP contribution in [0.3, 0.4) is 0 Å². The van der Waals surface area contributed by atoms with Crippen LogP contribution >= 0.6 is 0 Å². The summed E-state index contributed by atoms with van der Waals surface area (Å²) in [6, 6.07) is 6.98. The Morgan fingerprint density at radius 2 is 1.52 bits per heavy atom. The number of hydrogen-bond donors (Lipinski definition) is 2. The van der Waals surface area contributed by atoms with E-state index in [-0.39, 0.29) is 5.41 Å². The summed E-state index contributed by atoms with van der Waals surface area (Å²) in [6.45, 7) is 10.9. The summed E-state index contributed by atoms with van der Waals surface area (Å²) in [6.07, 6.45) is 0.761. The molecule has 0 aliphatic rings. The van der Waals surface area contributed by atoms with Crippen molar-refractivity contribution < 1.29 is 8.42 Å². The molecule has 0 aliphatic heterocycles. The molecule has 1 aromatic rings. The van der Waals surface area contributed by atoms with Gasteiger partial charge in [0.1, 0.15) is 0 Å². The van der Waals surface area contributed by atoms with Gasteiger partial charge in [-0.3, -0.25) is 0 Å². The largest absolute Gasteiger partial charge is 0.316 e. The van der Waals surface area contributed by atoms with Crippen LogP contribution in [0.25, 0.3) is 0 Å². The van der Waals surface area contributed by atoms with E-state index in [1.54, 1.807) is 12.1 Å². The number of nitrogens with one attached hydrogen (secondary N) is 2. The minimum atomic E-state index is -3.49. The predicted octanol–water partition coefficient (Wildman–Crippen LogP) is 2.90. The smallest absolute Gasteiger partial charge is 0.241 e. The SMILES string of the molecule is CNCc1ccc(S(=O)(=O)NC(C)(C)CC(C)(C)C)cc1. The third-order valence-electron chi connectivity index (χ3n) is 3.00. The van der Waals surface area contributed by atoms with Crippen molar-refractivity contribution in [2.24, 2.45) is 5.41 Å². The van der Waals surface area contributed by atoms with Gasteiger partial charge < -0.3 is 5.32 Å². The molecule has 5 heteroatoms. The lowest BCUT2D eigenvalue weighted by molar-refractivity contribution is 0.269. The molecule has 0 unspecified atom stereocenters. The molecule has 0 spiro atoms. The lowest BCUT2D eigenvalue weighted by Gasteiger charge is -2.33. The molecule has 1 aromatic carbocycles. The van der Waals surface area contributed by atoms with Crippen LogP contribution in [0.2, 0.25) is 0 Å². The molecular weight excluding hydrogens is 284 g/mol. The first-order chi connectivity index (χ1) is 9.45. The molecule has 0 saturated heterocycles. The fraction of sp³-hybridized carbons (Fsp3) is 0.625. The minimum absolute atomic E-state index is 0.0582. The standard InChI is InChI=1S/C16H28N2O2S/c1-15(2,3)12-16(4,5)18-21(19,20)14-9-7-13(8-10-14)11-17-6/h7-10,17-18H,11-12H2,1-6H3. The molecule has 0 aromatic heterocycles. The van der Waals surface area contributed by atoms with Crippen molar-refractivity contribution in [3.63, 3.8) is 0 Å². The highest BCUT2D eigenvalue weighted by molar-refractivity contribution is 7.89. The first-order valence-corrected chi connectivity index (χ1v) is 8.71. The maximum Gasteiger partial charge on any atom is 0.241 e. The monoisotopic (exact) mass is 312 g/mol. The van der Waals surface area contributed by atoms with Crippen molar-refractivity contribution in [2.45, 2.75) is 58.0 Å². The van der Waals surface area contributed by atoms with Gasteiger partial charge in [0.2, 0.25) is 10.0 Å². The van der Waals surface area contributed by atoms with Crippen LogP contribution in [0, 0.1) is 5.41 Å². The molecule has 0 heterocycles. The number of sulfonamides is 1. The van der Waals surface area contributed by atoms with Crippen LogP contribution < -0.4 is 10.0 Å². The van der Waals surface area contributed by atoms with Crippen LogP contribution in [-0.2, 0) is 16.6 Å².